The number of hydrogen-bond acceptors (Lipinski definition) is 2. The molecule has 0 N–H and O–H groups in total. The molecule has 0 aliphatic rings. The van der Waals surface area contributed by atoms with Crippen molar-refractivity contribution in [2.24, 2.45) is 7.05 Å². The first-order valence-electron chi connectivity index (χ1n) is 7.30. The van der Waals surface area contributed by atoms with E-state index in [1.165, 1.54) is 16.6 Å². The van der Waals surface area contributed by atoms with Crippen molar-refractivity contribution in [1.29, 1.82) is 0 Å². The molecule has 3 aromatic heterocycles. The van der Waals surface area contributed by atoms with Gasteiger partial charge in [0.25, 0.3) is 0 Å². The van der Waals surface area contributed by atoms with Crippen LogP contribution in [0.25, 0.3) is 11.0 Å². The van der Waals surface area contributed by atoms with Crippen LogP contribution in [0.5, 0.6) is 0 Å². The molecule has 110 valence electrons. The van der Waals surface area contributed by atoms with Gasteiger partial charge in [0.05, 0.1) is 12.2 Å². The Labute approximate surface area is 125 Å². The fourth-order valence-corrected chi connectivity index (χ4v) is 2.84. The summed E-state index contributed by atoms with van der Waals surface area (Å²) < 4.78 is 4.19. The molecule has 3 heterocycles. The molecule has 0 atom stereocenters. The van der Waals surface area contributed by atoms with Gasteiger partial charge in [-0.25, -0.2) is 4.98 Å². The minimum absolute atomic E-state index is 0.0802. The second-order valence-electron chi connectivity index (χ2n) is 6.70. The molecule has 21 heavy (non-hydrogen) atoms. The fourth-order valence-electron chi connectivity index (χ4n) is 2.84. The van der Waals surface area contributed by atoms with E-state index >= 15 is 0 Å². The SMILES string of the molecule is Cc1nn(C)cc1Cn1c(C(C)(C)C)cc2cccnc21. The zero-order valence-electron chi connectivity index (χ0n) is 13.4. The Balaban J connectivity index is 2.18. The van der Waals surface area contributed by atoms with E-state index in [1.54, 1.807) is 0 Å². The second-order valence-corrected chi connectivity index (χ2v) is 6.70. The molecule has 0 saturated carbocycles. The van der Waals surface area contributed by atoms with Crippen molar-refractivity contribution in [2.75, 3.05) is 0 Å². The molecule has 3 rings (SSSR count). The number of aryl methyl sites for hydroxylation is 2. The molecule has 0 bridgehead atoms. The standard InChI is InChI=1S/C17H22N4/c1-12-14(10-20(5)19-12)11-21-15(17(2,3)4)9-13-7-6-8-18-16(13)21/h6-10H,11H2,1-5H3. The molecule has 3 aromatic rings. The second kappa shape index (κ2) is 4.72. The molecule has 4 heteroatoms. The molecule has 0 radical (unpaired) electrons. The Morgan fingerprint density at radius 3 is 2.62 bits per heavy atom. The van der Waals surface area contributed by atoms with Crippen LogP contribution < -0.4 is 0 Å². The zero-order valence-corrected chi connectivity index (χ0v) is 13.4. The van der Waals surface area contributed by atoms with E-state index in [4.69, 9.17) is 0 Å². The van der Waals surface area contributed by atoms with Crippen LogP contribution in [-0.4, -0.2) is 19.3 Å². The highest BCUT2D eigenvalue weighted by Gasteiger charge is 2.22. The molecule has 0 spiro atoms. The third-order valence-electron chi connectivity index (χ3n) is 3.87. The van der Waals surface area contributed by atoms with Crippen molar-refractivity contribution >= 4 is 11.0 Å². The number of nitrogens with zero attached hydrogens (tertiary/aromatic N) is 4. The van der Waals surface area contributed by atoms with Gasteiger partial charge in [-0.05, 0) is 25.1 Å². The maximum Gasteiger partial charge on any atom is 0.140 e. The Hall–Kier alpha value is -2.10. The van der Waals surface area contributed by atoms with Crippen LogP contribution in [-0.2, 0) is 19.0 Å². The monoisotopic (exact) mass is 282 g/mol. The van der Waals surface area contributed by atoms with Crippen molar-refractivity contribution in [3.63, 3.8) is 0 Å². The summed E-state index contributed by atoms with van der Waals surface area (Å²) in [6.45, 7) is 9.60. The average Bonchev–Trinajstić information content (AvgIpc) is 2.91. The maximum atomic E-state index is 4.58. The number of aromatic nitrogens is 4. The summed E-state index contributed by atoms with van der Waals surface area (Å²) in [5.41, 5.74) is 4.75. The molecular formula is C17H22N4. The topological polar surface area (TPSA) is 35.6 Å². The summed E-state index contributed by atoms with van der Waals surface area (Å²) >= 11 is 0. The molecule has 4 nitrogen and oxygen atoms in total. The first-order chi connectivity index (χ1) is 9.86. The number of pyridine rings is 1. The van der Waals surface area contributed by atoms with Gasteiger partial charge in [-0.2, -0.15) is 5.10 Å². The molecule has 0 fully saturated rings. The Morgan fingerprint density at radius 1 is 1.24 bits per heavy atom. The molecule has 0 aliphatic carbocycles. The van der Waals surface area contributed by atoms with Crippen molar-refractivity contribution in [3.05, 3.63) is 47.5 Å². The predicted octanol–water partition coefficient (Wildman–Crippen LogP) is 3.42. The smallest absolute Gasteiger partial charge is 0.140 e. The highest BCUT2D eigenvalue weighted by atomic mass is 15.3. The van der Waals surface area contributed by atoms with Gasteiger partial charge >= 0.3 is 0 Å². The number of fused-ring (bicyclic) bond motifs is 1. The molecular weight excluding hydrogens is 260 g/mol. The fraction of sp³-hybridized carbons (Fsp3) is 0.412. The van der Waals surface area contributed by atoms with Crippen molar-refractivity contribution in [3.8, 4) is 0 Å². The van der Waals surface area contributed by atoms with E-state index in [0.29, 0.717) is 0 Å². The van der Waals surface area contributed by atoms with Crippen LogP contribution in [0, 0.1) is 6.92 Å². The van der Waals surface area contributed by atoms with Gasteiger partial charge in [0.1, 0.15) is 5.65 Å². The van der Waals surface area contributed by atoms with E-state index < -0.39 is 0 Å². The van der Waals surface area contributed by atoms with Crippen molar-refractivity contribution in [1.82, 2.24) is 19.3 Å². The van der Waals surface area contributed by atoms with Gasteiger partial charge in [-0.15, -0.1) is 0 Å². The zero-order chi connectivity index (χ0) is 15.2. The van der Waals surface area contributed by atoms with Gasteiger partial charge in [-0.1, -0.05) is 20.8 Å². The molecule has 0 amide bonds. The van der Waals surface area contributed by atoms with Gasteiger partial charge < -0.3 is 4.57 Å². The van der Waals surface area contributed by atoms with E-state index in [9.17, 15) is 0 Å². The normalized spacial score (nSPS) is 12.2. The lowest BCUT2D eigenvalue weighted by Crippen LogP contribution is -2.18. The van der Waals surface area contributed by atoms with Crippen LogP contribution in [0.3, 0.4) is 0 Å². The maximum absolute atomic E-state index is 4.58. The highest BCUT2D eigenvalue weighted by Crippen LogP contribution is 2.29. The van der Waals surface area contributed by atoms with Gasteiger partial charge in [0.15, 0.2) is 0 Å². The number of rotatable bonds is 2. The van der Waals surface area contributed by atoms with Crippen LogP contribution in [0.2, 0.25) is 0 Å². The summed E-state index contributed by atoms with van der Waals surface area (Å²) in [5, 5.41) is 5.64. The first kappa shape index (κ1) is 13.9. The van der Waals surface area contributed by atoms with Gasteiger partial charge in [-0.3, -0.25) is 4.68 Å². The lowest BCUT2D eigenvalue weighted by molar-refractivity contribution is 0.535. The van der Waals surface area contributed by atoms with E-state index in [-0.39, 0.29) is 5.41 Å². The first-order valence-corrected chi connectivity index (χ1v) is 7.30. The average molecular weight is 282 g/mol. The summed E-state index contributed by atoms with van der Waals surface area (Å²) in [4.78, 5) is 4.58. The van der Waals surface area contributed by atoms with E-state index in [2.05, 4.69) is 60.7 Å². The number of hydrogen-bond donors (Lipinski definition) is 0. The van der Waals surface area contributed by atoms with Crippen LogP contribution in [0.4, 0.5) is 0 Å². The quantitative estimate of drug-likeness (QED) is 0.722. The molecule has 0 unspecified atom stereocenters. The van der Waals surface area contributed by atoms with E-state index in [0.717, 1.165) is 17.9 Å². The Bertz CT molecular complexity index is 787. The minimum atomic E-state index is 0.0802. The lowest BCUT2D eigenvalue weighted by Gasteiger charge is -2.21. The summed E-state index contributed by atoms with van der Waals surface area (Å²) in [6, 6.07) is 6.38. The van der Waals surface area contributed by atoms with Crippen LogP contribution in [0.1, 0.15) is 37.7 Å². The van der Waals surface area contributed by atoms with Gasteiger partial charge in [0.2, 0.25) is 0 Å². The Kier molecular flexibility index (Phi) is 3.12. The molecule has 0 saturated heterocycles. The highest BCUT2D eigenvalue weighted by molar-refractivity contribution is 5.77. The summed E-state index contributed by atoms with van der Waals surface area (Å²) in [5.74, 6) is 0. The van der Waals surface area contributed by atoms with Gasteiger partial charge in [0, 0.05) is 41.5 Å². The third kappa shape index (κ3) is 2.46. The van der Waals surface area contributed by atoms with E-state index in [1.807, 2.05) is 24.0 Å². The Morgan fingerprint density at radius 2 is 2.00 bits per heavy atom. The largest absolute Gasteiger partial charge is 0.325 e. The summed E-state index contributed by atoms with van der Waals surface area (Å²) in [6.07, 6.45) is 3.96. The van der Waals surface area contributed by atoms with Crippen LogP contribution in [0.15, 0.2) is 30.6 Å². The molecule has 0 aliphatic heterocycles. The lowest BCUT2D eigenvalue weighted by atomic mass is 9.92. The van der Waals surface area contributed by atoms with Crippen molar-refractivity contribution < 1.29 is 0 Å². The predicted molar refractivity (Wildman–Crippen MR) is 85.5 cm³/mol. The van der Waals surface area contributed by atoms with Crippen molar-refractivity contribution in [2.45, 2.75) is 39.7 Å². The third-order valence-corrected chi connectivity index (χ3v) is 3.87. The minimum Gasteiger partial charge on any atom is -0.325 e. The summed E-state index contributed by atoms with van der Waals surface area (Å²) in [7, 11) is 1.97. The van der Waals surface area contributed by atoms with Crippen LogP contribution >= 0.6 is 0 Å². The molecule has 0 aromatic carbocycles.